The molecule has 0 saturated heterocycles. The van der Waals surface area contributed by atoms with Crippen LogP contribution in [0.25, 0.3) is 6.08 Å². The first-order chi connectivity index (χ1) is 14.1. The molecule has 7 nitrogen and oxygen atoms in total. The van der Waals surface area contributed by atoms with Gasteiger partial charge in [0.25, 0.3) is 5.91 Å². The van der Waals surface area contributed by atoms with Crippen molar-refractivity contribution in [3.8, 4) is 0 Å². The van der Waals surface area contributed by atoms with Gasteiger partial charge in [0.15, 0.2) is 5.78 Å². The van der Waals surface area contributed by atoms with E-state index in [4.69, 9.17) is 0 Å². The van der Waals surface area contributed by atoms with Crippen molar-refractivity contribution in [2.24, 2.45) is 0 Å². The second-order valence-corrected chi connectivity index (χ2v) is 6.09. The predicted octanol–water partition coefficient (Wildman–Crippen LogP) is 3.72. The SMILES string of the molecule is O=C(C[N+](=O)Nc1ccccc1)Nc1ccc(C(=O)C=Cc2ccccn2)cc1. The Morgan fingerprint density at radius 2 is 1.62 bits per heavy atom. The van der Waals surface area contributed by atoms with Gasteiger partial charge in [-0.2, -0.15) is 0 Å². The van der Waals surface area contributed by atoms with Crippen LogP contribution in [-0.4, -0.2) is 28.1 Å². The van der Waals surface area contributed by atoms with Gasteiger partial charge in [-0.3, -0.25) is 14.6 Å². The highest BCUT2D eigenvalue weighted by molar-refractivity contribution is 6.07. The second-order valence-electron chi connectivity index (χ2n) is 6.09. The molecule has 144 valence electrons. The largest absolute Gasteiger partial charge is 0.320 e. The number of carbonyl (C=O) groups excluding carboxylic acids is 2. The quantitative estimate of drug-likeness (QED) is 0.266. The Bertz CT molecular complexity index is 1020. The number of rotatable bonds is 8. The fourth-order valence-electron chi connectivity index (χ4n) is 2.48. The zero-order chi connectivity index (χ0) is 20.5. The highest BCUT2D eigenvalue weighted by Crippen LogP contribution is 2.11. The summed E-state index contributed by atoms with van der Waals surface area (Å²) in [5, 5.41) is 2.62. The molecule has 29 heavy (non-hydrogen) atoms. The molecule has 0 unspecified atom stereocenters. The van der Waals surface area contributed by atoms with E-state index in [-0.39, 0.29) is 12.3 Å². The number of hydrogen-bond acceptors (Lipinski definition) is 4. The number of hydrazine groups is 1. The van der Waals surface area contributed by atoms with Gasteiger partial charge in [-0.15, -0.1) is 5.43 Å². The minimum absolute atomic E-state index is 0.175. The summed E-state index contributed by atoms with van der Waals surface area (Å²) in [5.41, 5.74) is 4.83. The van der Waals surface area contributed by atoms with E-state index in [1.165, 1.54) is 6.08 Å². The van der Waals surface area contributed by atoms with Crippen molar-refractivity contribution in [3.05, 3.63) is 101 Å². The van der Waals surface area contributed by atoms with E-state index >= 15 is 0 Å². The summed E-state index contributed by atoms with van der Waals surface area (Å²) in [4.78, 5) is 40.6. The summed E-state index contributed by atoms with van der Waals surface area (Å²) in [6, 6.07) is 20.7. The normalized spacial score (nSPS) is 10.5. The third kappa shape index (κ3) is 6.21. The molecule has 1 amide bonds. The van der Waals surface area contributed by atoms with Crippen LogP contribution in [0.2, 0.25) is 0 Å². The smallest absolute Gasteiger partial charge is 0.302 e. The Kier molecular flexibility index (Phi) is 6.57. The number of nitrogens with one attached hydrogen (secondary N) is 2. The average Bonchev–Trinajstić information content (AvgIpc) is 2.74. The second kappa shape index (κ2) is 9.70. The first-order valence-corrected chi connectivity index (χ1v) is 8.90. The number of hydrogen-bond donors (Lipinski definition) is 2. The maximum atomic E-state index is 12.2. The summed E-state index contributed by atoms with van der Waals surface area (Å²) in [6.45, 7) is -0.387. The molecule has 7 heteroatoms. The molecule has 2 aromatic carbocycles. The number of para-hydroxylation sites is 1. The molecule has 1 heterocycles. The Balaban J connectivity index is 1.52. The van der Waals surface area contributed by atoms with Gasteiger partial charge in [0.1, 0.15) is 10.6 Å². The molecule has 0 aliphatic rings. The lowest BCUT2D eigenvalue weighted by Gasteiger charge is -2.03. The van der Waals surface area contributed by atoms with E-state index in [0.29, 0.717) is 27.5 Å². The lowest BCUT2D eigenvalue weighted by atomic mass is 10.1. The van der Waals surface area contributed by atoms with E-state index < -0.39 is 5.91 Å². The number of anilines is 2. The van der Waals surface area contributed by atoms with Crippen molar-refractivity contribution in [2.45, 2.75) is 0 Å². The van der Waals surface area contributed by atoms with Crippen LogP contribution in [0.5, 0.6) is 0 Å². The first-order valence-electron chi connectivity index (χ1n) is 8.90. The molecule has 0 aliphatic carbocycles. The van der Waals surface area contributed by atoms with Crippen molar-refractivity contribution < 1.29 is 14.5 Å². The summed E-state index contributed by atoms with van der Waals surface area (Å²) >= 11 is 0. The molecular formula is C22H19N4O3+. The summed E-state index contributed by atoms with van der Waals surface area (Å²) < 4.78 is 0. The number of aromatic nitrogens is 1. The zero-order valence-corrected chi connectivity index (χ0v) is 15.5. The Hall–Kier alpha value is -4.13. The van der Waals surface area contributed by atoms with Crippen molar-refractivity contribution in [1.82, 2.24) is 4.98 Å². The molecule has 0 spiro atoms. The molecule has 3 aromatic rings. The van der Waals surface area contributed by atoms with Crippen LogP contribution >= 0.6 is 0 Å². The first kappa shape index (κ1) is 19.6. The van der Waals surface area contributed by atoms with E-state index in [2.05, 4.69) is 15.7 Å². The molecule has 0 bridgehead atoms. The van der Waals surface area contributed by atoms with Gasteiger partial charge < -0.3 is 5.32 Å². The third-order valence-electron chi connectivity index (χ3n) is 3.86. The molecule has 0 saturated carbocycles. The van der Waals surface area contributed by atoms with Gasteiger partial charge in [0.05, 0.1) is 10.6 Å². The molecular weight excluding hydrogens is 368 g/mol. The molecule has 2 N–H and O–H groups in total. The van der Waals surface area contributed by atoms with Gasteiger partial charge in [-0.25, -0.2) is 0 Å². The van der Waals surface area contributed by atoms with E-state index in [1.54, 1.807) is 72.9 Å². The molecule has 3 rings (SSSR count). The predicted molar refractivity (Wildman–Crippen MR) is 111 cm³/mol. The summed E-state index contributed by atoms with van der Waals surface area (Å²) in [7, 11) is 0. The van der Waals surface area contributed by atoms with E-state index in [1.807, 2.05) is 12.1 Å². The number of nitroso groups, excluding NO2 is 1. The van der Waals surface area contributed by atoms with Crippen LogP contribution in [0.4, 0.5) is 11.4 Å². The molecule has 0 atom stereocenters. The van der Waals surface area contributed by atoms with Gasteiger partial charge in [0.2, 0.25) is 0 Å². The fourth-order valence-corrected chi connectivity index (χ4v) is 2.48. The van der Waals surface area contributed by atoms with Gasteiger partial charge in [-0.1, -0.05) is 24.3 Å². The lowest BCUT2D eigenvalue weighted by Crippen LogP contribution is -2.28. The monoisotopic (exact) mass is 387 g/mol. The van der Waals surface area contributed by atoms with Gasteiger partial charge in [-0.05, 0) is 60.7 Å². The van der Waals surface area contributed by atoms with Crippen molar-refractivity contribution in [3.63, 3.8) is 0 Å². The molecule has 0 fully saturated rings. The van der Waals surface area contributed by atoms with Crippen molar-refractivity contribution >= 4 is 29.1 Å². The Morgan fingerprint density at radius 3 is 2.31 bits per heavy atom. The summed E-state index contributed by atoms with van der Waals surface area (Å²) in [6.07, 6.45) is 4.74. The van der Waals surface area contributed by atoms with Crippen LogP contribution in [0, 0.1) is 4.91 Å². The Labute approximate surface area is 167 Å². The van der Waals surface area contributed by atoms with Crippen LogP contribution < -0.4 is 10.7 Å². The van der Waals surface area contributed by atoms with Crippen LogP contribution in [-0.2, 0) is 4.79 Å². The number of allylic oxidation sites excluding steroid dienone is 1. The Morgan fingerprint density at radius 1 is 0.897 bits per heavy atom. The van der Waals surface area contributed by atoms with Crippen LogP contribution in [0.15, 0.2) is 85.1 Å². The van der Waals surface area contributed by atoms with Gasteiger partial charge in [0, 0.05) is 17.4 Å². The minimum atomic E-state index is -0.474. The van der Waals surface area contributed by atoms with Crippen LogP contribution in [0.1, 0.15) is 16.1 Å². The number of carbonyl (C=O) groups is 2. The number of ketones is 1. The summed E-state index contributed by atoms with van der Waals surface area (Å²) in [5.74, 6) is -0.649. The standard InChI is InChI=1S/C22H18N4O3/c27-21(14-13-18-6-4-5-15-23-18)17-9-11-19(12-10-17)24-22(28)16-26(29)25-20-7-2-1-3-8-20/h1-15H,16H2,(H-,24,25,27,28,29)/p+1. The minimum Gasteiger partial charge on any atom is -0.320 e. The zero-order valence-electron chi connectivity index (χ0n) is 15.5. The lowest BCUT2D eigenvalue weighted by molar-refractivity contribution is -0.505. The van der Waals surface area contributed by atoms with Crippen molar-refractivity contribution in [2.75, 3.05) is 17.3 Å². The number of benzene rings is 2. The number of nitrogens with zero attached hydrogens (tertiary/aromatic N) is 2. The van der Waals surface area contributed by atoms with Gasteiger partial charge >= 0.3 is 6.54 Å². The topological polar surface area (TPSA) is 91.2 Å². The maximum Gasteiger partial charge on any atom is 0.302 e. The fraction of sp³-hybridized carbons (Fsp3) is 0.0455. The highest BCUT2D eigenvalue weighted by Gasteiger charge is 2.16. The van der Waals surface area contributed by atoms with Crippen molar-refractivity contribution in [1.29, 1.82) is 0 Å². The third-order valence-corrected chi connectivity index (χ3v) is 3.86. The number of pyridine rings is 1. The maximum absolute atomic E-state index is 12.2. The highest BCUT2D eigenvalue weighted by atomic mass is 16.3. The molecule has 0 aliphatic heterocycles. The molecule has 0 radical (unpaired) electrons. The van der Waals surface area contributed by atoms with E-state index in [0.717, 1.165) is 0 Å². The number of amides is 1. The average molecular weight is 387 g/mol. The molecule has 1 aromatic heterocycles. The van der Waals surface area contributed by atoms with Crippen LogP contribution in [0.3, 0.4) is 0 Å². The van der Waals surface area contributed by atoms with E-state index in [9.17, 15) is 14.5 Å².